The van der Waals surface area contributed by atoms with Gasteiger partial charge in [0, 0.05) is 12.4 Å². The van der Waals surface area contributed by atoms with Crippen LogP contribution in [-0.4, -0.2) is 23.0 Å². The molecule has 7 heteroatoms. The topological polar surface area (TPSA) is 155 Å². The van der Waals surface area contributed by atoms with Gasteiger partial charge in [-0.3, -0.25) is 21.7 Å². The zero-order chi connectivity index (χ0) is 10.9. The second-order valence-electron chi connectivity index (χ2n) is 2.12. The van der Waals surface area contributed by atoms with Gasteiger partial charge in [-0.1, -0.05) is 0 Å². The molecule has 0 saturated carbocycles. The molecule has 0 aromatic heterocycles. The third kappa shape index (κ3) is 38.8. The first-order valence-corrected chi connectivity index (χ1v) is 3.41. The van der Waals surface area contributed by atoms with Crippen molar-refractivity contribution in [2.24, 2.45) is 11.5 Å². The minimum Gasteiger partial charge on any atom is -0.550 e. The van der Waals surface area contributed by atoms with E-state index in [9.17, 15) is 14.7 Å². The number of carboxylic acid groups (broad SMARTS) is 2. The summed E-state index contributed by atoms with van der Waals surface area (Å²) in [5, 5.41) is 22.3. The number of nitrogens with two attached hydrogens (primary N) is 3. The number of guanidine groups is 1. The predicted octanol–water partition coefficient (Wildman–Crippen LogP) is -3.99. The minimum atomic E-state index is -1.20. The molecule has 0 rings (SSSR count). The van der Waals surface area contributed by atoms with Gasteiger partial charge in [-0.15, -0.1) is 0 Å². The highest BCUT2D eigenvalue weighted by atomic mass is 16.4. The molecule has 7 nitrogen and oxygen atoms in total. The van der Waals surface area contributed by atoms with Gasteiger partial charge in [-0.2, -0.15) is 0 Å². The zero-order valence-corrected chi connectivity index (χ0v) is 7.03. The minimum absolute atomic E-state index is 0.0833. The number of aliphatic carboxylic acids is 2. The van der Waals surface area contributed by atoms with E-state index in [1.54, 1.807) is 0 Å². The van der Waals surface area contributed by atoms with Gasteiger partial charge in [0.1, 0.15) is 0 Å². The average Bonchev–Trinajstić information content (AvgIpc) is 1.83. The monoisotopic (exact) mass is 191 g/mol. The maximum atomic E-state index is 9.77. The van der Waals surface area contributed by atoms with E-state index in [4.69, 9.17) is 5.11 Å². The Labute approximate surface area is 74.8 Å². The van der Waals surface area contributed by atoms with Crippen LogP contribution in [-0.2, 0) is 9.59 Å². The molecule has 0 saturated heterocycles. The second-order valence-corrected chi connectivity index (χ2v) is 2.12. The fourth-order valence-corrected chi connectivity index (χ4v) is 0.384. The number of carboxylic acids is 2. The molecule has 76 valence electrons. The molecule has 0 amide bonds. The van der Waals surface area contributed by atoms with Crippen molar-refractivity contribution in [1.82, 2.24) is 0 Å². The van der Waals surface area contributed by atoms with E-state index in [2.05, 4.69) is 16.9 Å². The van der Waals surface area contributed by atoms with E-state index >= 15 is 0 Å². The van der Waals surface area contributed by atoms with Gasteiger partial charge in [-0.25, -0.2) is 0 Å². The first-order valence-electron chi connectivity index (χ1n) is 3.41. The van der Waals surface area contributed by atoms with Gasteiger partial charge >= 0.3 is 11.9 Å². The summed E-state index contributed by atoms with van der Waals surface area (Å²) in [5.74, 6) is -2.26. The molecule has 0 aliphatic rings. The molecule has 0 spiro atoms. The van der Waals surface area contributed by atoms with Gasteiger partial charge in [-0.05, 0) is 12.8 Å². The molecule has 0 aromatic carbocycles. The average molecular weight is 191 g/mol. The standard InChI is InChI=1S/C5H8O4.CH5N3/c6-4(7)2-1-3-5(8)9;2-1(3)4/h1-3H2,(H,6,7)(H,8,9);(H5,2,3,4). The Hall–Kier alpha value is -1.79. The smallest absolute Gasteiger partial charge is 0.336 e. The lowest BCUT2D eigenvalue weighted by Crippen LogP contribution is -2.51. The van der Waals surface area contributed by atoms with Crippen molar-refractivity contribution in [3.63, 3.8) is 0 Å². The summed E-state index contributed by atoms with van der Waals surface area (Å²) >= 11 is 0. The molecule has 0 fully saturated rings. The Kier molecular flexibility index (Phi) is 8.80. The van der Waals surface area contributed by atoms with E-state index in [-0.39, 0.29) is 25.2 Å². The van der Waals surface area contributed by atoms with Crippen molar-refractivity contribution in [3.8, 4) is 0 Å². The summed E-state index contributed by atoms with van der Waals surface area (Å²) < 4.78 is 0. The van der Waals surface area contributed by atoms with E-state index in [1.807, 2.05) is 0 Å². The third-order valence-electron chi connectivity index (χ3n) is 0.772. The molecular weight excluding hydrogens is 178 g/mol. The molecule has 0 bridgehead atoms. The van der Waals surface area contributed by atoms with Crippen LogP contribution in [0.4, 0.5) is 0 Å². The van der Waals surface area contributed by atoms with Gasteiger partial charge in [0.15, 0.2) is 0 Å². The SMILES string of the molecule is NC(N)=[NH2+].O=C([O-])CCCC(=O)O. The van der Waals surface area contributed by atoms with Crippen LogP contribution in [0.1, 0.15) is 19.3 Å². The maximum Gasteiger partial charge on any atom is 0.336 e. The largest absolute Gasteiger partial charge is 0.550 e. The first-order chi connectivity index (χ1) is 5.86. The highest BCUT2D eigenvalue weighted by Crippen LogP contribution is 1.92. The molecule has 0 unspecified atom stereocenters. The van der Waals surface area contributed by atoms with E-state index in [1.165, 1.54) is 0 Å². The number of rotatable bonds is 4. The fourth-order valence-electron chi connectivity index (χ4n) is 0.384. The molecule has 7 N–H and O–H groups in total. The van der Waals surface area contributed by atoms with Gasteiger partial charge < -0.3 is 15.0 Å². The second kappa shape index (κ2) is 8.31. The van der Waals surface area contributed by atoms with Crippen LogP contribution in [0.2, 0.25) is 0 Å². The molecule has 0 heterocycles. The maximum absolute atomic E-state index is 9.77. The van der Waals surface area contributed by atoms with E-state index in [0.717, 1.165) is 0 Å². The normalized spacial score (nSPS) is 8.00. The van der Waals surface area contributed by atoms with Crippen molar-refractivity contribution in [2.75, 3.05) is 0 Å². The highest BCUT2D eigenvalue weighted by molar-refractivity contribution is 5.69. The molecule has 13 heavy (non-hydrogen) atoms. The number of carbonyl (C=O) groups excluding carboxylic acids is 1. The Balaban J connectivity index is 0. The van der Waals surface area contributed by atoms with Crippen molar-refractivity contribution >= 4 is 17.9 Å². The lowest BCUT2D eigenvalue weighted by Gasteiger charge is -1.96. The Bertz CT molecular complexity index is 174. The molecule has 0 aliphatic carbocycles. The Morgan fingerprint density at radius 1 is 1.31 bits per heavy atom. The zero-order valence-electron chi connectivity index (χ0n) is 7.03. The van der Waals surface area contributed by atoms with Crippen LogP contribution in [0, 0.1) is 0 Å². The Morgan fingerprint density at radius 3 is 1.92 bits per heavy atom. The molecule has 0 aromatic rings. The quantitative estimate of drug-likeness (QED) is 0.262. The van der Waals surface area contributed by atoms with Gasteiger partial charge in [0.25, 0.3) is 0 Å². The summed E-state index contributed by atoms with van der Waals surface area (Å²) in [4.78, 5) is 19.4. The van der Waals surface area contributed by atoms with Gasteiger partial charge in [0.2, 0.25) is 0 Å². The van der Waals surface area contributed by atoms with Gasteiger partial charge in [0.05, 0.1) is 0 Å². The number of carbonyl (C=O) groups is 2. The van der Waals surface area contributed by atoms with Crippen LogP contribution in [0.3, 0.4) is 0 Å². The summed E-state index contributed by atoms with van der Waals surface area (Å²) in [6, 6.07) is 0. The summed E-state index contributed by atoms with van der Waals surface area (Å²) in [6.45, 7) is 0. The Morgan fingerprint density at radius 2 is 1.69 bits per heavy atom. The van der Waals surface area contributed by atoms with Crippen LogP contribution >= 0.6 is 0 Å². The van der Waals surface area contributed by atoms with Crippen LogP contribution in [0.25, 0.3) is 0 Å². The summed E-state index contributed by atoms with van der Waals surface area (Å²) in [7, 11) is 0. The lowest BCUT2D eigenvalue weighted by molar-refractivity contribution is -0.305. The van der Waals surface area contributed by atoms with Crippen LogP contribution < -0.4 is 22.0 Å². The third-order valence-corrected chi connectivity index (χ3v) is 0.772. The van der Waals surface area contributed by atoms with Crippen molar-refractivity contribution in [1.29, 1.82) is 0 Å². The van der Waals surface area contributed by atoms with E-state index < -0.39 is 11.9 Å². The first kappa shape index (κ1) is 13.8. The molecule has 0 atom stereocenters. The van der Waals surface area contributed by atoms with E-state index in [0.29, 0.717) is 0 Å². The molecule has 0 aliphatic heterocycles. The van der Waals surface area contributed by atoms with Crippen molar-refractivity contribution in [2.45, 2.75) is 19.3 Å². The fraction of sp³-hybridized carbons (Fsp3) is 0.500. The van der Waals surface area contributed by atoms with Crippen molar-refractivity contribution in [3.05, 3.63) is 0 Å². The number of hydrogen-bond acceptors (Lipinski definition) is 3. The summed E-state index contributed by atoms with van der Waals surface area (Å²) in [5.41, 5.74) is 9.17. The molecular formula is C6H13N3O4. The highest BCUT2D eigenvalue weighted by Gasteiger charge is 1.94. The number of hydrogen-bond donors (Lipinski definition) is 4. The van der Waals surface area contributed by atoms with Crippen molar-refractivity contribution < 1.29 is 25.2 Å². The summed E-state index contributed by atoms with van der Waals surface area (Å²) in [6.07, 6.45) is -0.127. The predicted molar refractivity (Wildman–Crippen MR) is 41.8 cm³/mol. The lowest BCUT2D eigenvalue weighted by atomic mass is 10.2. The van der Waals surface area contributed by atoms with Crippen LogP contribution in [0.15, 0.2) is 0 Å². The molecule has 0 radical (unpaired) electrons. The van der Waals surface area contributed by atoms with Crippen LogP contribution in [0.5, 0.6) is 0 Å².